The maximum Gasteiger partial charge on any atom is 0.337 e. The molecule has 0 aliphatic heterocycles. The Kier molecular flexibility index (Phi) is 3.53. The number of carbonyl (C=O) groups is 1. The number of aromatic nitrogens is 3. The van der Waals surface area contributed by atoms with Crippen molar-refractivity contribution in [2.75, 3.05) is 7.11 Å². The molecule has 0 aliphatic rings. The molecule has 0 atom stereocenters. The topological polar surface area (TPSA) is 57.0 Å². The summed E-state index contributed by atoms with van der Waals surface area (Å²) in [5.41, 5.74) is 3.40. The number of aryl methyl sites for hydroxylation is 1. The quantitative estimate of drug-likeness (QED) is 0.698. The lowest BCUT2D eigenvalue weighted by Gasteiger charge is -2.00. The van der Waals surface area contributed by atoms with Crippen molar-refractivity contribution in [1.29, 1.82) is 0 Å². The van der Waals surface area contributed by atoms with Crippen molar-refractivity contribution in [2.24, 2.45) is 7.05 Å². The van der Waals surface area contributed by atoms with Crippen molar-refractivity contribution in [2.45, 2.75) is 0 Å². The first kappa shape index (κ1) is 13.5. The van der Waals surface area contributed by atoms with E-state index in [2.05, 4.69) is 14.8 Å². The van der Waals surface area contributed by atoms with Crippen molar-refractivity contribution in [1.82, 2.24) is 14.8 Å². The van der Waals surface area contributed by atoms with Gasteiger partial charge in [0.25, 0.3) is 0 Å². The van der Waals surface area contributed by atoms with E-state index in [1.54, 1.807) is 34.3 Å². The zero-order valence-corrected chi connectivity index (χ0v) is 12.4. The van der Waals surface area contributed by atoms with Crippen LogP contribution in [0.3, 0.4) is 0 Å². The van der Waals surface area contributed by atoms with Crippen LogP contribution in [-0.2, 0) is 11.8 Å². The fourth-order valence-electron chi connectivity index (χ4n) is 1.96. The fraction of sp³-hybridized carbons (Fsp3) is 0.133. The minimum Gasteiger partial charge on any atom is -0.465 e. The molecule has 21 heavy (non-hydrogen) atoms. The second kappa shape index (κ2) is 5.49. The lowest BCUT2D eigenvalue weighted by Crippen LogP contribution is -2.00. The molecule has 0 saturated carbocycles. The minimum atomic E-state index is -0.336. The Labute approximate surface area is 125 Å². The average Bonchev–Trinajstić information content (AvgIpc) is 3.15. The standard InChI is InChI=1S/C15H13N3O2S/c1-18-8-12(7-16-18)13-9-21-14(17-13)10-3-5-11(6-4-10)15(19)20-2/h3-9H,1-2H3. The molecule has 0 bridgehead atoms. The van der Waals surface area contributed by atoms with Gasteiger partial charge in [0.2, 0.25) is 0 Å². The van der Waals surface area contributed by atoms with Gasteiger partial charge in [-0.1, -0.05) is 12.1 Å². The lowest BCUT2D eigenvalue weighted by atomic mass is 10.1. The Morgan fingerprint density at radius 2 is 2.00 bits per heavy atom. The van der Waals surface area contributed by atoms with Crippen LogP contribution < -0.4 is 0 Å². The fourth-order valence-corrected chi connectivity index (χ4v) is 2.79. The monoisotopic (exact) mass is 299 g/mol. The SMILES string of the molecule is COC(=O)c1ccc(-c2nc(-c3cnn(C)c3)cs2)cc1. The molecule has 0 spiro atoms. The highest BCUT2D eigenvalue weighted by Gasteiger charge is 2.09. The van der Waals surface area contributed by atoms with Crippen molar-refractivity contribution >= 4 is 17.3 Å². The number of rotatable bonds is 3. The largest absolute Gasteiger partial charge is 0.465 e. The van der Waals surface area contributed by atoms with E-state index in [0.29, 0.717) is 5.56 Å². The van der Waals surface area contributed by atoms with Crippen LogP contribution >= 0.6 is 11.3 Å². The molecule has 0 N–H and O–H groups in total. The highest BCUT2D eigenvalue weighted by molar-refractivity contribution is 7.13. The average molecular weight is 299 g/mol. The predicted octanol–water partition coefficient (Wildman–Crippen LogP) is 3.00. The van der Waals surface area contributed by atoms with Gasteiger partial charge in [0.1, 0.15) is 5.01 Å². The molecule has 2 heterocycles. The Morgan fingerprint density at radius 1 is 1.24 bits per heavy atom. The molecule has 6 heteroatoms. The summed E-state index contributed by atoms with van der Waals surface area (Å²) in [6.45, 7) is 0. The van der Waals surface area contributed by atoms with Crippen LogP contribution in [0.2, 0.25) is 0 Å². The highest BCUT2D eigenvalue weighted by atomic mass is 32.1. The van der Waals surface area contributed by atoms with Crippen molar-refractivity contribution in [3.63, 3.8) is 0 Å². The smallest absolute Gasteiger partial charge is 0.337 e. The molecule has 0 unspecified atom stereocenters. The number of hydrogen-bond acceptors (Lipinski definition) is 5. The number of esters is 1. The number of ether oxygens (including phenoxy) is 1. The van der Waals surface area contributed by atoms with Crippen LogP contribution in [0.15, 0.2) is 42.0 Å². The number of hydrogen-bond donors (Lipinski definition) is 0. The van der Waals surface area contributed by atoms with Gasteiger partial charge in [-0.25, -0.2) is 9.78 Å². The van der Waals surface area contributed by atoms with Crippen LogP contribution in [0.25, 0.3) is 21.8 Å². The van der Waals surface area contributed by atoms with Gasteiger partial charge < -0.3 is 4.74 Å². The molecular formula is C15H13N3O2S. The van der Waals surface area contributed by atoms with Gasteiger partial charge >= 0.3 is 5.97 Å². The Bertz CT molecular complexity index is 774. The molecule has 0 aliphatic carbocycles. The highest BCUT2D eigenvalue weighted by Crippen LogP contribution is 2.28. The minimum absolute atomic E-state index is 0.336. The van der Waals surface area contributed by atoms with E-state index in [-0.39, 0.29) is 5.97 Å². The van der Waals surface area contributed by atoms with Gasteiger partial charge in [0.15, 0.2) is 0 Å². The Balaban J connectivity index is 1.88. The molecule has 0 saturated heterocycles. The first-order valence-corrected chi connectivity index (χ1v) is 7.18. The van der Waals surface area contributed by atoms with E-state index >= 15 is 0 Å². The zero-order chi connectivity index (χ0) is 14.8. The van der Waals surface area contributed by atoms with E-state index in [4.69, 9.17) is 0 Å². The summed E-state index contributed by atoms with van der Waals surface area (Å²) < 4.78 is 6.43. The number of thiazole rings is 1. The van der Waals surface area contributed by atoms with Gasteiger partial charge in [-0.05, 0) is 12.1 Å². The first-order chi connectivity index (χ1) is 10.2. The molecule has 5 nitrogen and oxygen atoms in total. The van der Waals surface area contributed by atoms with Crippen molar-refractivity contribution < 1.29 is 9.53 Å². The normalized spacial score (nSPS) is 10.6. The first-order valence-electron chi connectivity index (χ1n) is 6.30. The maximum atomic E-state index is 11.4. The van der Waals surface area contributed by atoms with E-state index in [0.717, 1.165) is 21.8 Å². The number of benzene rings is 1. The summed E-state index contributed by atoms with van der Waals surface area (Å²) in [7, 11) is 3.25. The lowest BCUT2D eigenvalue weighted by molar-refractivity contribution is 0.0601. The molecular weight excluding hydrogens is 286 g/mol. The zero-order valence-electron chi connectivity index (χ0n) is 11.6. The summed E-state index contributed by atoms with van der Waals surface area (Å²) in [4.78, 5) is 16.0. The third kappa shape index (κ3) is 2.71. The van der Waals surface area contributed by atoms with Gasteiger partial charge in [0, 0.05) is 29.8 Å². The third-order valence-corrected chi connectivity index (χ3v) is 3.95. The molecule has 1 aromatic carbocycles. The van der Waals surface area contributed by atoms with Gasteiger partial charge in [0.05, 0.1) is 24.6 Å². The second-order valence-corrected chi connectivity index (χ2v) is 5.37. The molecule has 3 aromatic rings. The molecule has 0 amide bonds. The molecule has 2 aromatic heterocycles. The molecule has 0 fully saturated rings. The summed E-state index contributed by atoms with van der Waals surface area (Å²) in [5, 5.41) is 7.05. The van der Waals surface area contributed by atoms with Gasteiger partial charge in [-0.3, -0.25) is 4.68 Å². The predicted molar refractivity (Wildman–Crippen MR) is 81.1 cm³/mol. The van der Waals surface area contributed by atoms with Crippen LogP contribution in [0.5, 0.6) is 0 Å². The van der Waals surface area contributed by atoms with Crippen LogP contribution in [-0.4, -0.2) is 27.8 Å². The van der Waals surface area contributed by atoms with Crippen LogP contribution in [0, 0.1) is 0 Å². The molecule has 106 valence electrons. The summed E-state index contributed by atoms with van der Waals surface area (Å²) in [6, 6.07) is 7.23. The van der Waals surface area contributed by atoms with Crippen LogP contribution in [0.1, 0.15) is 10.4 Å². The molecule has 0 radical (unpaired) electrons. The van der Waals surface area contributed by atoms with E-state index < -0.39 is 0 Å². The number of carbonyl (C=O) groups excluding carboxylic acids is 1. The van der Waals surface area contributed by atoms with E-state index in [1.807, 2.05) is 30.8 Å². The van der Waals surface area contributed by atoms with Crippen molar-refractivity contribution in [3.8, 4) is 21.8 Å². The van der Waals surface area contributed by atoms with Gasteiger partial charge in [-0.15, -0.1) is 11.3 Å². The summed E-state index contributed by atoms with van der Waals surface area (Å²) >= 11 is 1.56. The number of nitrogens with zero attached hydrogens (tertiary/aromatic N) is 3. The Hall–Kier alpha value is -2.47. The van der Waals surface area contributed by atoms with E-state index in [1.165, 1.54) is 7.11 Å². The second-order valence-electron chi connectivity index (χ2n) is 4.51. The van der Waals surface area contributed by atoms with Gasteiger partial charge in [-0.2, -0.15) is 5.10 Å². The molecule has 3 rings (SSSR count). The summed E-state index contributed by atoms with van der Waals surface area (Å²) in [5.74, 6) is -0.336. The third-order valence-electron chi connectivity index (χ3n) is 3.06. The van der Waals surface area contributed by atoms with Crippen molar-refractivity contribution in [3.05, 3.63) is 47.6 Å². The Morgan fingerprint density at radius 3 is 2.62 bits per heavy atom. The van der Waals surface area contributed by atoms with E-state index in [9.17, 15) is 4.79 Å². The number of methoxy groups -OCH3 is 1. The van der Waals surface area contributed by atoms with Crippen LogP contribution in [0.4, 0.5) is 0 Å². The maximum absolute atomic E-state index is 11.4. The summed E-state index contributed by atoms with van der Waals surface area (Å²) in [6.07, 6.45) is 3.72.